The average Bonchev–Trinajstić information content (AvgIpc) is 2.69. The summed E-state index contributed by atoms with van der Waals surface area (Å²) in [6.45, 7) is 4.36. The number of aromatic nitrogens is 1. The van der Waals surface area contributed by atoms with Gasteiger partial charge in [-0.3, -0.25) is 0 Å². The molecule has 1 heterocycles. The first kappa shape index (κ1) is 14.0. The minimum Gasteiger partial charge on any atom is -0.388 e. The molecule has 1 unspecified atom stereocenters. The molecule has 0 radical (unpaired) electrons. The van der Waals surface area contributed by atoms with E-state index < -0.39 is 6.10 Å². The lowest BCUT2D eigenvalue weighted by Gasteiger charge is -2.34. The third-order valence-electron chi connectivity index (χ3n) is 3.90. The number of aliphatic hydroxyl groups excluding tert-OH is 1. The number of benzene rings is 1. The van der Waals surface area contributed by atoms with Crippen molar-refractivity contribution in [1.29, 1.82) is 0 Å². The van der Waals surface area contributed by atoms with Crippen LogP contribution in [-0.2, 0) is 6.42 Å². The average molecular weight is 310 g/mol. The molecule has 0 saturated heterocycles. The van der Waals surface area contributed by atoms with Crippen LogP contribution in [-0.4, -0.2) is 9.67 Å². The summed E-state index contributed by atoms with van der Waals surface area (Å²) < 4.78 is 2.08. The van der Waals surface area contributed by atoms with Gasteiger partial charge in [0.1, 0.15) is 0 Å². The molecule has 0 bridgehead atoms. The molecule has 0 saturated carbocycles. The topological polar surface area (TPSA) is 25.2 Å². The van der Waals surface area contributed by atoms with Crippen molar-refractivity contribution in [3.8, 4) is 5.69 Å². The van der Waals surface area contributed by atoms with Crippen molar-refractivity contribution in [1.82, 2.24) is 4.57 Å². The van der Waals surface area contributed by atoms with E-state index in [4.69, 9.17) is 23.2 Å². The zero-order valence-electron chi connectivity index (χ0n) is 11.5. The van der Waals surface area contributed by atoms with Gasteiger partial charge in [0.15, 0.2) is 0 Å². The van der Waals surface area contributed by atoms with E-state index in [2.05, 4.69) is 18.4 Å². The smallest absolute Gasteiger partial charge is 0.0812 e. The summed E-state index contributed by atoms with van der Waals surface area (Å²) in [4.78, 5) is 0. The summed E-state index contributed by atoms with van der Waals surface area (Å²) in [6.07, 6.45) is 3.30. The van der Waals surface area contributed by atoms with Crippen LogP contribution in [0.15, 0.2) is 30.5 Å². The summed E-state index contributed by atoms with van der Waals surface area (Å²) in [5, 5.41) is 11.5. The molecular weight excluding hydrogens is 293 g/mol. The van der Waals surface area contributed by atoms with Crippen LogP contribution in [0.4, 0.5) is 0 Å². The van der Waals surface area contributed by atoms with Crippen molar-refractivity contribution < 1.29 is 5.11 Å². The Balaban J connectivity index is 2.13. The second-order valence-electron chi connectivity index (χ2n) is 6.28. The second kappa shape index (κ2) is 4.80. The standard InChI is InChI=1S/C16H17Cl2NO/c1-16(2)8-14-13(15(20)9-16)3-4-19(14)12-6-10(17)5-11(18)7-12/h3-7,15,20H,8-9H2,1-2H3. The van der Waals surface area contributed by atoms with Crippen LogP contribution in [0.2, 0.25) is 10.0 Å². The summed E-state index contributed by atoms with van der Waals surface area (Å²) in [6, 6.07) is 7.49. The quantitative estimate of drug-likeness (QED) is 0.805. The van der Waals surface area contributed by atoms with Gasteiger partial charge in [0.25, 0.3) is 0 Å². The Morgan fingerprint density at radius 1 is 1.20 bits per heavy atom. The van der Waals surface area contributed by atoms with Gasteiger partial charge in [0.05, 0.1) is 6.10 Å². The molecule has 2 nitrogen and oxygen atoms in total. The molecule has 0 spiro atoms. The molecule has 1 aromatic heterocycles. The highest BCUT2D eigenvalue weighted by molar-refractivity contribution is 6.34. The van der Waals surface area contributed by atoms with E-state index in [1.807, 2.05) is 24.4 Å². The van der Waals surface area contributed by atoms with Crippen LogP contribution in [0.1, 0.15) is 37.6 Å². The molecule has 1 atom stereocenters. The molecule has 4 heteroatoms. The summed E-state index contributed by atoms with van der Waals surface area (Å²) in [5.41, 5.74) is 3.19. The lowest BCUT2D eigenvalue weighted by Crippen LogP contribution is -2.26. The molecule has 1 N–H and O–H groups in total. The maximum absolute atomic E-state index is 10.3. The predicted molar refractivity (Wildman–Crippen MR) is 82.9 cm³/mol. The van der Waals surface area contributed by atoms with Gasteiger partial charge in [0.2, 0.25) is 0 Å². The molecule has 0 aliphatic heterocycles. The largest absolute Gasteiger partial charge is 0.388 e. The molecule has 3 rings (SSSR count). The number of halogens is 2. The first-order valence-corrected chi connectivity index (χ1v) is 7.46. The summed E-state index contributed by atoms with van der Waals surface area (Å²) >= 11 is 12.2. The van der Waals surface area contributed by atoms with Crippen LogP contribution < -0.4 is 0 Å². The Hall–Kier alpha value is -0.960. The number of aliphatic hydroxyl groups is 1. The third kappa shape index (κ3) is 2.48. The van der Waals surface area contributed by atoms with Gasteiger partial charge in [-0.1, -0.05) is 37.0 Å². The predicted octanol–water partition coefficient (Wildman–Crippen LogP) is 4.79. The van der Waals surface area contributed by atoms with E-state index in [9.17, 15) is 5.11 Å². The fourth-order valence-electron chi connectivity index (χ4n) is 3.05. The van der Waals surface area contributed by atoms with E-state index in [-0.39, 0.29) is 5.41 Å². The highest BCUT2D eigenvalue weighted by atomic mass is 35.5. The second-order valence-corrected chi connectivity index (χ2v) is 7.15. The van der Waals surface area contributed by atoms with E-state index in [0.29, 0.717) is 10.0 Å². The highest BCUT2D eigenvalue weighted by Gasteiger charge is 2.33. The van der Waals surface area contributed by atoms with Crippen molar-refractivity contribution in [3.63, 3.8) is 0 Å². The minimum absolute atomic E-state index is 0.0882. The number of fused-ring (bicyclic) bond motifs is 1. The molecule has 1 aliphatic carbocycles. The van der Waals surface area contributed by atoms with Crippen LogP contribution in [0, 0.1) is 5.41 Å². The normalized spacial score (nSPS) is 20.8. The van der Waals surface area contributed by atoms with Gasteiger partial charge in [0, 0.05) is 33.2 Å². The molecule has 20 heavy (non-hydrogen) atoms. The molecule has 0 fully saturated rings. The Kier molecular flexibility index (Phi) is 3.36. The van der Waals surface area contributed by atoms with E-state index in [1.54, 1.807) is 6.07 Å². The lowest BCUT2D eigenvalue weighted by atomic mass is 9.75. The van der Waals surface area contributed by atoms with Crippen molar-refractivity contribution in [3.05, 3.63) is 51.8 Å². The number of hydrogen-bond donors (Lipinski definition) is 1. The fourth-order valence-corrected chi connectivity index (χ4v) is 3.56. The van der Waals surface area contributed by atoms with Gasteiger partial charge in [-0.05, 0) is 42.5 Å². The Morgan fingerprint density at radius 2 is 1.85 bits per heavy atom. The summed E-state index contributed by atoms with van der Waals surface area (Å²) in [5.74, 6) is 0. The fraction of sp³-hybridized carbons (Fsp3) is 0.375. The first-order valence-electron chi connectivity index (χ1n) is 6.70. The SMILES string of the molecule is CC1(C)Cc2c(ccn2-c2cc(Cl)cc(Cl)c2)C(O)C1. The molecule has 0 amide bonds. The Morgan fingerprint density at radius 3 is 2.50 bits per heavy atom. The zero-order chi connectivity index (χ0) is 14.5. The number of nitrogens with zero attached hydrogens (tertiary/aromatic N) is 1. The van der Waals surface area contributed by atoms with Crippen LogP contribution in [0.3, 0.4) is 0 Å². The van der Waals surface area contributed by atoms with Gasteiger partial charge >= 0.3 is 0 Å². The maximum Gasteiger partial charge on any atom is 0.0812 e. The zero-order valence-corrected chi connectivity index (χ0v) is 13.0. The maximum atomic E-state index is 10.3. The Bertz CT molecular complexity index is 640. The highest BCUT2D eigenvalue weighted by Crippen LogP contribution is 2.42. The van der Waals surface area contributed by atoms with Crippen molar-refractivity contribution in [2.24, 2.45) is 5.41 Å². The van der Waals surface area contributed by atoms with Crippen molar-refractivity contribution in [2.75, 3.05) is 0 Å². The van der Waals surface area contributed by atoms with Crippen LogP contribution in [0.25, 0.3) is 5.69 Å². The number of rotatable bonds is 1. The van der Waals surface area contributed by atoms with Gasteiger partial charge in [-0.25, -0.2) is 0 Å². The lowest BCUT2D eigenvalue weighted by molar-refractivity contribution is 0.0987. The molecular formula is C16H17Cl2NO. The van der Waals surface area contributed by atoms with Gasteiger partial charge in [-0.15, -0.1) is 0 Å². The monoisotopic (exact) mass is 309 g/mol. The molecule has 106 valence electrons. The van der Waals surface area contributed by atoms with Crippen molar-refractivity contribution >= 4 is 23.2 Å². The van der Waals surface area contributed by atoms with Gasteiger partial charge in [-0.2, -0.15) is 0 Å². The van der Waals surface area contributed by atoms with Gasteiger partial charge < -0.3 is 9.67 Å². The summed E-state index contributed by atoms with van der Waals surface area (Å²) in [7, 11) is 0. The van der Waals surface area contributed by atoms with E-state index in [0.717, 1.165) is 29.8 Å². The minimum atomic E-state index is -0.398. The van der Waals surface area contributed by atoms with Crippen molar-refractivity contribution in [2.45, 2.75) is 32.8 Å². The molecule has 1 aromatic carbocycles. The Labute approximate surface area is 128 Å². The van der Waals surface area contributed by atoms with Crippen LogP contribution >= 0.6 is 23.2 Å². The molecule has 1 aliphatic rings. The number of hydrogen-bond acceptors (Lipinski definition) is 1. The van der Waals surface area contributed by atoms with E-state index in [1.165, 1.54) is 0 Å². The first-order chi connectivity index (χ1) is 9.35. The third-order valence-corrected chi connectivity index (χ3v) is 4.34. The van der Waals surface area contributed by atoms with Crippen LogP contribution in [0.5, 0.6) is 0 Å². The molecule has 2 aromatic rings. The van der Waals surface area contributed by atoms with E-state index >= 15 is 0 Å².